The van der Waals surface area contributed by atoms with Crippen LogP contribution in [0.2, 0.25) is 0 Å². The summed E-state index contributed by atoms with van der Waals surface area (Å²) in [6.45, 7) is 0.534. The highest BCUT2D eigenvalue weighted by Crippen LogP contribution is 2.31. The molecule has 3 aromatic rings. The number of hydrogen-bond acceptors (Lipinski definition) is 2. The van der Waals surface area contributed by atoms with Crippen LogP contribution < -0.4 is 10.6 Å². The molecule has 0 saturated carbocycles. The summed E-state index contributed by atoms with van der Waals surface area (Å²) in [6.07, 6.45) is 0.913. The number of benzene rings is 2. The van der Waals surface area contributed by atoms with Gasteiger partial charge in [0.05, 0.1) is 5.92 Å². The first-order chi connectivity index (χ1) is 12.2. The lowest BCUT2D eigenvalue weighted by atomic mass is 9.90. The number of carbonyl (C=O) groups excluding carboxylic acids is 2. The van der Waals surface area contributed by atoms with Crippen LogP contribution in [-0.4, -0.2) is 23.3 Å². The van der Waals surface area contributed by atoms with Gasteiger partial charge in [-0.25, -0.2) is 0 Å². The maximum absolute atomic E-state index is 12.6. The van der Waals surface area contributed by atoms with Crippen LogP contribution in [0.1, 0.15) is 23.6 Å². The van der Waals surface area contributed by atoms with Crippen molar-refractivity contribution < 1.29 is 9.59 Å². The molecule has 0 fully saturated rings. The monoisotopic (exact) mass is 333 g/mol. The highest BCUT2D eigenvalue weighted by molar-refractivity contribution is 6.01. The molecule has 126 valence electrons. The van der Waals surface area contributed by atoms with E-state index in [-0.39, 0.29) is 18.2 Å². The van der Waals surface area contributed by atoms with Crippen LogP contribution in [0.25, 0.3) is 10.9 Å². The highest BCUT2D eigenvalue weighted by Gasteiger charge is 2.30. The number of nitrogens with one attached hydrogen (secondary N) is 3. The smallest absolute Gasteiger partial charge is 0.228 e. The topological polar surface area (TPSA) is 74.0 Å². The Morgan fingerprint density at radius 3 is 2.80 bits per heavy atom. The van der Waals surface area contributed by atoms with Crippen LogP contribution in [-0.2, 0) is 16.0 Å². The quantitative estimate of drug-likeness (QED) is 0.687. The Kier molecular flexibility index (Phi) is 3.98. The number of fused-ring (bicyclic) bond motifs is 2. The number of aromatic amines is 1. The third kappa shape index (κ3) is 3.13. The number of carbonyl (C=O) groups is 2. The van der Waals surface area contributed by atoms with Crippen molar-refractivity contribution in [2.24, 2.45) is 0 Å². The molecule has 0 spiro atoms. The number of H-pyrrole nitrogens is 1. The zero-order valence-corrected chi connectivity index (χ0v) is 13.7. The van der Waals surface area contributed by atoms with Crippen molar-refractivity contribution in [3.63, 3.8) is 0 Å². The Morgan fingerprint density at radius 2 is 1.92 bits per heavy atom. The molecular weight excluding hydrogens is 314 g/mol. The van der Waals surface area contributed by atoms with Crippen molar-refractivity contribution >= 4 is 28.4 Å². The third-order valence-corrected chi connectivity index (χ3v) is 4.60. The molecular formula is C20H19N3O2. The van der Waals surface area contributed by atoms with E-state index in [2.05, 4.69) is 27.8 Å². The van der Waals surface area contributed by atoms with E-state index >= 15 is 0 Å². The number of amides is 2. The molecule has 0 aliphatic carbocycles. The van der Waals surface area contributed by atoms with Gasteiger partial charge in [-0.2, -0.15) is 0 Å². The summed E-state index contributed by atoms with van der Waals surface area (Å²) in [5.41, 5.74) is 3.80. The molecule has 0 radical (unpaired) electrons. The van der Waals surface area contributed by atoms with E-state index < -0.39 is 5.92 Å². The second-order valence-electron chi connectivity index (χ2n) is 6.31. The van der Waals surface area contributed by atoms with Crippen LogP contribution in [0.4, 0.5) is 5.69 Å². The predicted molar refractivity (Wildman–Crippen MR) is 97.4 cm³/mol. The van der Waals surface area contributed by atoms with Crippen molar-refractivity contribution in [3.8, 4) is 0 Å². The lowest BCUT2D eigenvalue weighted by Gasteiger charge is -2.24. The summed E-state index contributed by atoms with van der Waals surface area (Å²) in [7, 11) is 0. The first kappa shape index (κ1) is 15.4. The molecule has 0 bridgehead atoms. The average Bonchev–Trinajstić information content (AvgIpc) is 3.03. The fourth-order valence-electron chi connectivity index (χ4n) is 3.36. The summed E-state index contributed by atoms with van der Waals surface area (Å²) >= 11 is 0. The van der Waals surface area contributed by atoms with Crippen LogP contribution in [0, 0.1) is 0 Å². The lowest BCUT2D eigenvalue weighted by molar-refractivity contribution is -0.126. The number of aromatic nitrogens is 1. The summed E-state index contributed by atoms with van der Waals surface area (Å²) < 4.78 is 0. The van der Waals surface area contributed by atoms with Gasteiger partial charge in [0.1, 0.15) is 0 Å². The van der Waals surface area contributed by atoms with Crippen LogP contribution in [0.5, 0.6) is 0 Å². The lowest BCUT2D eigenvalue weighted by Crippen LogP contribution is -2.35. The van der Waals surface area contributed by atoms with Gasteiger partial charge in [-0.1, -0.05) is 36.4 Å². The van der Waals surface area contributed by atoms with E-state index in [9.17, 15) is 9.59 Å². The largest absolute Gasteiger partial charge is 0.358 e. The second kappa shape index (κ2) is 6.43. The first-order valence-corrected chi connectivity index (χ1v) is 8.44. The van der Waals surface area contributed by atoms with Crippen molar-refractivity contribution in [2.45, 2.75) is 18.8 Å². The molecule has 5 nitrogen and oxygen atoms in total. The highest BCUT2D eigenvalue weighted by atomic mass is 16.2. The normalized spacial score (nSPS) is 16.3. The number of para-hydroxylation sites is 2. The fraction of sp³-hybridized carbons (Fsp3) is 0.200. The zero-order chi connectivity index (χ0) is 17.2. The van der Waals surface area contributed by atoms with E-state index in [0.29, 0.717) is 6.54 Å². The minimum atomic E-state index is -0.423. The van der Waals surface area contributed by atoms with E-state index in [0.717, 1.165) is 28.9 Å². The molecule has 2 heterocycles. The molecule has 25 heavy (non-hydrogen) atoms. The van der Waals surface area contributed by atoms with Gasteiger partial charge in [-0.15, -0.1) is 0 Å². The van der Waals surface area contributed by atoms with Crippen LogP contribution in [0.15, 0.2) is 54.6 Å². The Bertz CT molecular complexity index is 912. The summed E-state index contributed by atoms with van der Waals surface area (Å²) in [5, 5.41) is 6.95. The van der Waals surface area contributed by atoms with E-state index in [4.69, 9.17) is 0 Å². The second-order valence-corrected chi connectivity index (χ2v) is 6.31. The SMILES string of the molecule is O=C1C[C@H](C(=O)NCCc2cc3ccccc3[nH]2)c2ccccc2N1. The Labute approximate surface area is 145 Å². The van der Waals surface area contributed by atoms with Crippen LogP contribution in [0.3, 0.4) is 0 Å². The average molecular weight is 333 g/mol. The van der Waals surface area contributed by atoms with Gasteiger partial charge in [0.15, 0.2) is 0 Å². The third-order valence-electron chi connectivity index (χ3n) is 4.60. The van der Waals surface area contributed by atoms with Crippen LogP contribution >= 0.6 is 0 Å². The summed E-state index contributed by atoms with van der Waals surface area (Å²) in [5.74, 6) is -0.638. The number of hydrogen-bond donors (Lipinski definition) is 3. The molecule has 0 unspecified atom stereocenters. The van der Waals surface area contributed by atoms with Crippen molar-refractivity contribution in [1.29, 1.82) is 0 Å². The molecule has 5 heteroatoms. The Balaban J connectivity index is 1.41. The molecule has 1 aliphatic rings. The van der Waals surface area contributed by atoms with E-state index in [1.54, 1.807) is 0 Å². The number of anilines is 1. The molecule has 1 atom stereocenters. The molecule has 0 saturated heterocycles. The van der Waals surface area contributed by atoms with Gasteiger partial charge < -0.3 is 15.6 Å². The molecule has 3 N–H and O–H groups in total. The van der Waals surface area contributed by atoms with Gasteiger partial charge in [0.25, 0.3) is 0 Å². The molecule has 2 aromatic carbocycles. The van der Waals surface area contributed by atoms with Crippen molar-refractivity contribution in [1.82, 2.24) is 10.3 Å². The minimum Gasteiger partial charge on any atom is -0.358 e. The summed E-state index contributed by atoms with van der Waals surface area (Å²) in [4.78, 5) is 27.8. The Morgan fingerprint density at radius 1 is 1.12 bits per heavy atom. The molecule has 4 rings (SSSR count). The molecule has 2 amide bonds. The minimum absolute atomic E-state index is 0.0987. The zero-order valence-electron chi connectivity index (χ0n) is 13.7. The number of rotatable bonds is 4. The molecule has 1 aliphatic heterocycles. The van der Waals surface area contributed by atoms with Gasteiger partial charge >= 0.3 is 0 Å². The van der Waals surface area contributed by atoms with E-state index in [1.165, 1.54) is 5.39 Å². The summed E-state index contributed by atoms with van der Waals surface area (Å²) in [6, 6.07) is 17.7. The first-order valence-electron chi connectivity index (χ1n) is 8.44. The fourth-order valence-corrected chi connectivity index (χ4v) is 3.36. The standard InChI is InChI=1S/C20H19N3O2/c24-19-12-16(15-6-2-4-8-18(15)23-19)20(25)21-10-9-14-11-13-5-1-3-7-17(13)22-14/h1-8,11,16,22H,9-10,12H2,(H,21,25)(H,23,24)/t16-/m0/s1. The Hall–Kier alpha value is -3.08. The van der Waals surface area contributed by atoms with Gasteiger partial charge in [0.2, 0.25) is 11.8 Å². The van der Waals surface area contributed by atoms with Crippen molar-refractivity contribution in [2.75, 3.05) is 11.9 Å². The van der Waals surface area contributed by atoms with Crippen molar-refractivity contribution in [3.05, 3.63) is 65.9 Å². The maximum Gasteiger partial charge on any atom is 0.228 e. The predicted octanol–water partition coefficient (Wildman–Crippen LogP) is 2.95. The van der Waals surface area contributed by atoms with E-state index in [1.807, 2.05) is 42.5 Å². The van der Waals surface area contributed by atoms with Gasteiger partial charge in [-0.05, 0) is 29.1 Å². The van der Waals surface area contributed by atoms with Gasteiger partial charge in [-0.3, -0.25) is 9.59 Å². The molecule has 1 aromatic heterocycles. The van der Waals surface area contributed by atoms with Gasteiger partial charge in [0, 0.05) is 36.3 Å². The maximum atomic E-state index is 12.6.